The summed E-state index contributed by atoms with van der Waals surface area (Å²) in [5.74, 6) is -0.00587. The quantitative estimate of drug-likeness (QED) is 0.476. The Labute approximate surface area is 170 Å². The van der Waals surface area contributed by atoms with Crippen LogP contribution in [0.4, 0.5) is 14.5 Å². The highest BCUT2D eigenvalue weighted by molar-refractivity contribution is 5.91. The van der Waals surface area contributed by atoms with Crippen LogP contribution >= 0.6 is 0 Å². The summed E-state index contributed by atoms with van der Waals surface area (Å²) >= 11 is 0. The van der Waals surface area contributed by atoms with Gasteiger partial charge in [-0.25, -0.2) is 18.7 Å². The second-order valence-electron chi connectivity index (χ2n) is 6.65. The molecule has 1 amide bonds. The van der Waals surface area contributed by atoms with E-state index in [0.29, 0.717) is 17.3 Å². The van der Waals surface area contributed by atoms with Gasteiger partial charge in [-0.1, -0.05) is 6.07 Å². The molecule has 0 aliphatic rings. The molecule has 152 valence electrons. The van der Waals surface area contributed by atoms with Gasteiger partial charge >= 0.3 is 0 Å². The first-order valence-electron chi connectivity index (χ1n) is 9.21. The Morgan fingerprint density at radius 1 is 1.07 bits per heavy atom. The lowest BCUT2D eigenvalue weighted by Gasteiger charge is -2.05. The number of hydrogen-bond donors (Lipinski definition) is 1. The van der Waals surface area contributed by atoms with E-state index in [2.05, 4.69) is 15.3 Å². The molecule has 0 unspecified atom stereocenters. The van der Waals surface area contributed by atoms with Gasteiger partial charge in [-0.05, 0) is 37.3 Å². The Kier molecular flexibility index (Phi) is 5.38. The number of aromatic nitrogens is 2. The van der Waals surface area contributed by atoms with Crippen LogP contribution in [0.15, 0.2) is 63.7 Å². The van der Waals surface area contributed by atoms with Gasteiger partial charge in [0.2, 0.25) is 11.8 Å². The van der Waals surface area contributed by atoms with Gasteiger partial charge in [0, 0.05) is 30.2 Å². The number of halogens is 2. The Hall–Kier alpha value is -3.81. The zero-order valence-corrected chi connectivity index (χ0v) is 16.0. The van der Waals surface area contributed by atoms with Crippen molar-refractivity contribution in [2.45, 2.75) is 19.8 Å². The maximum atomic E-state index is 13.9. The average molecular weight is 409 g/mol. The number of aryl methyl sites for hydroxylation is 2. The van der Waals surface area contributed by atoms with Gasteiger partial charge < -0.3 is 14.2 Å². The van der Waals surface area contributed by atoms with Crippen LogP contribution in [0.25, 0.3) is 22.8 Å². The number of hydrogen-bond acceptors (Lipinski definition) is 5. The molecule has 30 heavy (non-hydrogen) atoms. The Balaban J connectivity index is 1.37. The number of amides is 1. The molecule has 0 aliphatic heterocycles. The van der Waals surface area contributed by atoms with E-state index >= 15 is 0 Å². The summed E-state index contributed by atoms with van der Waals surface area (Å²) in [6, 6.07) is 10.4. The molecule has 0 bridgehead atoms. The van der Waals surface area contributed by atoms with Crippen LogP contribution in [-0.4, -0.2) is 15.9 Å². The van der Waals surface area contributed by atoms with Crippen molar-refractivity contribution in [2.24, 2.45) is 0 Å². The molecule has 6 nitrogen and oxygen atoms in total. The van der Waals surface area contributed by atoms with Gasteiger partial charge in [-0.3, -0.25) is 4.79 Å². The molecule has 4 rings (SSSR count). The molecule has 2 aromatic carbocycles. The van der Waals surface area contributed by atoms with E-state index < -0.39 is 11.6 Å². The van der Waals surface area contributed by atoms with Crippen molar-refractivity contribution in [1.82, 2.24) is 9.97 Å². The zero-order valence-electron chi connectivity index (χ0n) is 16.0. The number of nitrogens with one attached hydrogen (secondary N) is 1. The van der Waals surface area contributed by atoms with Gasteiger partial charge in [-0.15, -0.1) is 0 Å². The summed E-state index contributed by atoms with van der Waals surface area (Å²) in [6.45, 7) is 1.81. The fourth-order valence-corrected chi connectivity index (χ4v) is 2.90. The third-order valence-electron chi connectivity index (χ3n) is 4.33. The number of rotatable bonds is 6. The van der Waals surface area contributed by atoms with E-state index in [-0.39, 0.29) is 36.0 Å². The van der Waals surface area contributed by atoms with E-state index in [1.807, 2.05) is 6.07 Å². The molecular weight excluding hydrogens is 392 g/mol. The number of nitrogens with zero attached hydrogens (tertiary/aromatic N) is 2. The topological polar surface area (TPSA) is 81.2 Å². The summed E-state index contributed by atoms with van der Waals surface area (Å²) in [5, 5.41) is 2.80. The van der Waals surface area contributed by atoms with Crippen molar-refractivity contribution in [3.63, 3.8) is 0 Å². The highest BCUT2D eigenvalue weighted by atomic mass is 19.1. The molecule has 0 aliphatic carbocycles. The zero-order chi connectivity index (χ0) is 21.1. The highest BCUT2D eigenvalue weighted by Crippen LogP contribution is 2.25. The van der Waals surface area contributed by atoms with E-state index in [4.69, 9.17) is 8.83 Å². The monoisotopic (exact) mass is 409 g/mol. The van der Waals surface area contributed by atoms with Crippen LogP contribution in [-0.2, 0) is 11.2 Å². The second kappa shape index (κ2) is 8.28. The lowest BCUT2D eigenvalue weighted by atomic mass is 10.2. The third kappa shape index (κ3) is 4.43. The van der Waals surface area contributed by atoms with Crippen LogP contribution in [0.5, 0.6) is 0 Å². The summed E-state index contributed by atoms with van der Waals surface area (Å²) < 4.78 is 37.9. The Bertz CT molecular complexity index is 1200. The first-order chi connectivity index (χ1) is 14.5. The lowest BCUT2D eigenvalue weighted by molar-refractivity contribution is -0.116. The van der Waals surface area contributed by atoms with Gasteiger partial charge in [0.1, 0.15) is 17.4 Å². The minimum atomic E-state index is -0.739. The van der Waals surface area contributed by atoms with Crippen LogP contribution in [0.1, 0.15) is 18.1 Å². The molecular formula is C22H17F2N3O3. The predicted molar refractivity (Wildman–Crippen MR) is 105 cm³/mol. The molecule has 0 saturated heterocycles. The van der Waals surface area contributed by atoms with Crippen molar-refractivity contribution in [3.8, 4) is 22.8 Å². The van der Waals surface area contributed by atoms with Crippen LogP contribution in [0.3, 0.4) is 0 Å². The molecule has 0 atom stereocenters. The fraction of sp³-hybridized carbons (Fsp3) is 0.136. The minimum absolute atomic E-state index is 0.109. The summed E-state index contributed by atoms with van der Waals surface area (Å²) in [7, 11) is 0. The van der Waals surface area contributed by atoms with Crippen molar-refractivity contribution in [2.75, 3.05) is 5.32 Å². The largest absolute Gasteiger partial charge is 0.441 e. The molecule has 0 radical (unpaired) electrons. The minimum Gasteiger partial charge on any atom is -0.441 e. The number of anilines is 1. The van der Waals surface area contributed by atoms with Crippen LogP contribution in [0, 0.1) is 18.6 Å². The van der Waals surface area contributed by atoms with Crippen LogP contribution < -0.4 is 5.32 Å². The number of benzene rings is 2. The molecule has 8 heteroatoms. The van der Waals surface area contributed by atoms with E-state index in [0.717, 1.165) is 17.7 Å². The van der Waals surface area contributed by atoms with Gasteiger partial charge in [0.05, 0.1) is 18.0 Å². The smallest absolute Gasteiger partial charge is 0.226 e. The Morgan fingerprint density at radius 3 is 2.70 bits per heavy atom. The molecule has 2 aromatic heterocycles. The van der Waals surface area contributed by atoms with Gasteiger partial charge in [-0.2, -0.15) is 0 Å². The molecule has 4 aromatic rings. The molecule has 0 saturated carbocycles. The normalized spacial score (nSPS) is 10.9. The summed E-state index contributed by atoms with van der Waals surface area (Å²) in [4.78, 5) is 20.5. The number of oxazole rings is 2. The van der Waals surface area contributed by atoms with Crippen molar-refractivity contribution < 1.29 is 22.4 Å². The third-order valence-corrected chi connectivity index (χ3v) is 4.33. The molecule has 0 fully saturated rings. The molecule has 1 N–H and O–H groups in total. The highest BCUT2D eigenvalue weighted by Gasteiger charge is 2.13. The summed E-state index contributed by atoms with van der Waals surface area (Å²) in [6.07, 6.45) is 3.33. The standard InChI is InChI=1S/C22H17F2N3O3/c1-13-11-26-22(29-13)14-3-2-4-16(9-14)27-20(28)7-8-21-25-12-19(30-21)17-6-5-15(23)10-18(17)24/h2-6,9-12H,7-8H2,1H3,(H,27,28). The van der Waals surface area contributed by atoms with Crippen LogP contribution in [0.2, 0.25) is 0 Å². The van der Waals surface area contributed by atoms with E-state index in [1.165, 1.54) is 12.3 Å². The van der Waals surface area contributed by atoms with Gasteiger partial charge in [0.15, 0.2) is 11.7 Å². The van der Waals surface area contributed by atoms with Crippen molar-refractivity contribution in [3.05, 3.63) is 78.1 Å². The first kappa shape index (κ1) is 19.5. The van der Waals surface area contributed by atoms with Gasteiger partial charge in [0.25, 0.3) is 0 Å². The SMILES string of the molecule is Cc1cnc(-c2cccc(NC(=O)CCc3ncc(-c4ccc(F)cc4F)o3)c2)o1. The second-order valence-corrected chi connectivity index (χ2v) is 6.65. The number of carbonyl (C=O) groups excluding carboxylic acids is 1. The van der Waals surface area contributed by atoms with E-state index in [1.54, 1.807) is 31.3 Å². The molecule has 2 heterocycles. The maximum absolute atomic E-state index is 13.9. The van der Waals surface area contributed by atoms with Crippen molar-refractivity contribution >= 4 is 11.6 Å². The number of carbonyl (C=O) groups is 1. The fourth-order valence-electron chi connectivity index (χ4n) is 2.90. The maximum Gasteiger partial charge on any atom is 0.226 e. The Morgan fingerprint density at radius 2 is 1.93 bits per heavy atom. The molecule has 0 spiro atoms. The van der Waals surface area contributed by atoms with E-state index in [9.17, 15) is 13.6 Å². The predicted octanol–water partition coefficient (Wildman–Crippen LogP) is 5.15. The summed E-state index contributed by atoms with van der Waals surface area (Å²) in [5.41, 5.74) is 1.47. The lowest BCUT2D eigenvalue weighted by Crippen LogP contribution is -2.12. The van der Waals surface area contributed by atoms with Crippen molar-refractivity contribution in [1.29, 1.82) is 0 Å². The first-order valence-corrected chi connectivity index (χ1v) is 9.21. The average Bonchev–Trinajstić information content (AvgIpc) is 3.36.